The van der Waals surface area contributed by atoms with Crippen LogP contribution in [-0.2, 0) is 9.53 Å². The number of esters is 1. The molecule has 3 rings (SSSR count). The van der Waals surface area contributed by atoms with Gasteiger partial charge in [0, 0.05) is 6.04 Å². The lowest BCUT2D eigenvalue weighted by atomic mass is 9.85. The molecular weight excluding hydrogens is 238 g/mol. The molecule has 19 heavy (non-hydrogen) atoms. The fourth-order valence-corrected chi connectivity index (χ4v) is 4.19. The molecule has 2 aliphatic carbocycles. The summed E-state index contributed by atoms with van der Waals surface area (Å²) >= 11 is 0. The number of hydrogen-bond acceptors (Lipinski definition) is 3. The van der Waals surface area contributed by atoms with E-state index in [4.69, 9.17) is 4.74 Å². The number of hydrogen-bond donors (Lipinski definition) is 1. The second-order valence-corrected chi connectivity index (χ2v) is 6.84. The zero-order chi connectivity index (χ0) is 13.2. The van der Waals surface area contributed by atoms with Gasteiger partial charge in [-0.25, -0.2) is 0 Å². The van der Waals surface area contributed by atoms with Gasteiger partial charge in [0.1, 0.15) is 12.1 Å². The number of fused-ring (bicyclic) bond motifs is 1. The number of rotatable bonds is 2. The van der Waals surface area contributed by atoms with Gasteiger partial charge in [-0.05, 0) is 50.4 Å². The van der Waals surface area contributed by atoms with Gasteiger partial charge in [0.25, 0.3) is 0 Å². The summed E-state index contributed by atoms with van der Waals surface area (Å²) in [7, 11) is 0. The summed E-state index contributed by atoms with van der Waals surface area (Å²) in [5, 5.41) is 3.52. The van der Waals surface area contributed by atoms with Crippen molar-refractivity contribution in [3.05, 3.63) is 0 Å². The highest BCUT2D eigenvalue weighted by Crippen LogP contribution is 2.34. The first-order valence-corrected chi connectivity index (χ1v) is 8.20. The van der Waals surface area contributed by atoms with Crippen LogP contribution in [0.15, 0.2) is 0 Å². The molecule has 5 unspecified atom stereocenters. The van der Waals surface area contributed by atoms with E-state index in [1.807, 2.05) is 0 Å². The third-order valence-electron chi connectivity index (χ3n) is 5.45. The molecule has 0 aromatic carbocycles. The molecule has 5 atom stereocenters. The summed E-state index contributed by atoms with van der Waals surface area (Å²) in [5.74, 6) is 1.28. The van der Waals surface area contributed by atoms with Gasteiger partial charge in [-0.1, -0.05) is 26.2 Å². The van der Waals surface area contributed by atoms with Crippen molar-refractivity contribution in [2.75, 3.05) is 0 Å². The van der Waals surface area contributed by atoms with Crippen LogP contribution in [0.1, 0.15) is 64.7 Å². The van der Waals surface area contributed by atoms with E-state index in [0.717, 1.165) is 18.8 Å². The summed E-state index contributed by atoms with van der Waals surface area (Å²) in [6.07, 6.45) is 11.1. The molecule has 0 spiro atoms. The Labute approximate surface area is 116 Å². The SMILES string of the molecule is CC1CCCCC1OC(=O)C1CC2CCCCC2N1. The van der Waals surface area contributed by atoms with Gasteiger partial charge in [0.2, 0.25) is 0 Å². The van der Waals surface area contributed by atoms with Crippen LogP contribution < -0.4 is 5.32 Å². The van der Waals surface area contributed by atoms with Gasteiger partial charge in [-0.15, -0.1) is 0 Å². The molecule has 0 bridgehead atoms. The lowest BCUT2D eigenvalue weighted by Gasteiger charge is -2.29. The lowest BCUT2D eigenvalue weighted by Crippen LogP contribution is -2.40. The number of ether oxygens (including phenoxy) is 1. The van der Waals surface area contributed by atoms with Crippen molar-refractivity contribution in [2.45, 2.75) is 82.9 Å². The van der Waals surface area contributed by atoms with E-state index >= 15 is 0 Å². The lowest BCUT2D eigenvalue weighted by molar-refractivity contribution is -0.155. The van der Waals surface area contributed by atoms with Crippen molar-refractivity contribution in [1.82, 2.24) is 5.32 Å². The van der Waals surface area contributed by atoms with Crippen LogP contribution in [-0.4, -0.2) is 24.2 Å². The highest BCUT2D eigenvalue weighted by Gasteiger charge is 2.40. The Kier molecular flexibility index (Phi) is 4.11. The zero-order valence-corrected chi connectivity index (χ0v) is 12.1. The van der Waals surface area contributed by atoms with Gasteiger partial charge in [-0.2, -0.15) is 0 Å². The van der Waals surface area contributed by atoms with E-state index in [-0.39, 0.29) is 18.1 Å². The summed E-state index contributed by atoms with van der Waals surface area (Å²) in [4.78, 5) is 12.3. The Hall–Kier alpha value is -0.570. The van der Waals surface area contributed by atoms with E-state index < -0.39 is 0 Å². The molecule has 1 aliphatic heterocycles. The third-order valence-corrected chi connectivity index (χ3v) is 5.45. The van der Waals surface area contributed by atoms with Crippen molar-refractivity contribution in [1.29, 1.82) is 0 Å². The first kappa shape index (κ1) is 13.4. The molecule has 0 aromatic heterocycles. The second kappa shape index (κ2) is 5.82. The van der Waals surface area contributed by atoms with Gasteiger partial charge < -0.3 is 10.1 Å². The first-order valence-electron chi connectivity index (χ1n) is 8.20. The minimum absolute atomic E-state index is 0.0214. The summed E-state index contributed by atoms with van der Waals surface area (Å²) in [6.45, 7) is 2.22. The molecule has 3 aliphatic rings. The maximum atomic E-state index is 12.3. The molecule has 3 heteroatoms. The van der Waals surface area contributed by atoms with E-state index in [9.17, 15) is 4.79 Å². The molecule has 0 radical (unpaired) electrons. The van der Waals surface area contributed by atoms with Crippen molar-refractivity contribution in [3.63, 3.8) is 0 Å². The Morgan fingerprint density at radius 3 is 2.58 bits per heavy atom. The van der Waals surface area contributed by atoms with Gasteiger partial charge in [-0.3, -0.25) is 4.79 Å². The second-order valence-electron chi connectivity index (χ2n) is 6.84. The molecule has 2 saturated carbocycles. The van der Waals surface area contributed by atoms with Crippen molar-refractivity contribution in [3.8, 4) is 0 Å². The third kappa shape index (κ3) is 2.96. The highest BCUT2D eigenvalue weighted by molar-refractivity contribution is 5.76. The minimum atomic E-state index is -0.0257. The Morgan fingerprint density at radius 2 is 1.79 bits per heavy atom. The van der Waals surface area contributed by atoms with Gasteiger partial charge in [0.15, 0.2) is 0 Å². The van der Waals surface area contributed by atoms with E-state index in [0.29, 0.717) is 12.0 Å². The van der Waals surface area contributed by atoms with Gasteiger partial charge >= 0.3 is 5.97 Å². The largest absolute Gasteiger partial charge is 0.461 e. The van der Waals surface area contributed by atoms with Crippen molar-refractivity contribution >= 4 is 5.97 Å². The molecule has 1 saturated heterocycles. The average Bonchev–Trinajstić information content (AvgIpc) is 2.85. The molecule has 0 aromatic rings. The predicted octanol–water partition coefficient (Wildman–Crippen LogP) is 3.03. The van der Waals surface area contributed by atoms with Crippen molar-refractivity contribution in [2.24, 2.45) is 11.8 Å². The monoisotopic (exact) mass is 265 g/mol. The molecule has 1 N–H and O–H groups in total. The Morgan fingerprint density at radius 1 is 1.05 bits per heavy atom. The van der Waals surface area contributed by atoms with Crippen molar-refractivity contribution < 1.29 is 9.53 Å². The fourth-order valence-electron chi connectivity index (χ4n) is 4.19. The summed E-state index contributed by atoms with van der Waals surface area (Å²) in [6, 6.07) is 0.553. The normalized spacial score (nSPS) is 42.7. The minimum Gasteiger partial charge on any atom is -0.461 e. The van der Waals surface area contributed by atoms with Crippen LogP contribution >= 0.6 is 0 Å². The molecular formula is C16H27NO2. The quantitative estimate of drug-likeness (QED) is 0.780. The van der Waals surface area contributed by atoms with Crippen LogP contribution in [0, 0.1) is 11.8 Å². The standard InChI is InChI=1S/C16H27NO2/c1-11-6-2-5-9-15(11)19-16(18)14-10-12-7-3-4-8-13(12)17-14/h11-15,17H,2-10H2,1H3. The maximum Gasteiger partial charge on any atom is 0.323 e. The molecule has 108 valence electrons. The number of carbonyl (C=O) groups excluding carboxylic acids is 1. The van der Waals surface area contributed by atoms with Crippen LogP contribution in [0.5, 0.6) is 0 Å². The smallest absolute Gasteiger partial charge is 0.323 e. The Bertz CT molecular complexity index is 317. The molecule has 0 amide bonds. The average molecular weight is 265 g/mol. The number of nitrogens with one attached hydrogen (secondary N) is 1. The van der Waals surface area contributed by atoms with Crippen LogP contribution in [0.25, 0.3) is 0 Å². The zero-order valence-electron chi connectivity index (χ0n) is 12.1. The van der Waals surface area contributed by atoms with Crippen LogP contribution in [0.2, 0.25) is 0 Å². The van der Waals surface area contributed by atoms with E-state index in [1.54, 1.807) is 0 Å². The van der Waals surface area contributed by atoms with Gasteiger partial charge in [0.05, 0.1) is 0 Å². The highest BCUT2D eigenvalue weighted by atomic mass is 16.5. The topological polar surface area (TPSA) is 38.3 Å². The Balaban J connectivity index is 1.53. The summed E-state index contributed by atoms with van der Waals surface area (Å²) < 4.78 is 5.79. The maximum absolute atomic E-state index is 12.3. The molecule has 1 heterocycles. The van der Waals surface area contributed by atoms with Crippen LogP contribution in [0.4, 0.5) is 0 Å². The first-order chi connectivity index (χ1) is 9.24. The van der Waals surface area contributed by atoms with Crippen LogP contribution in [0.3, 0.4) is 0 Å². The molecule has 3 nitrogen and oxygen atoms in total. The fraction of sp³-hybridized carbons (Fsp3) is 0.938. The van der Waals surface area contributed by atoms with E-state index in [1.165, 1.54) is 44.9 Å². The number of carbonyl (C=O) groups is 1. The van der Waals surface area contributed by atoms with E-state index in [2.05, 4.69) is 12.2 Å². The summed E-state index contributed by atoms with van der Waals surface area (Å²) in [5.41, 5.74) is 0. The molecule has 3 fully saturated rings. The predicted molar refractivity (Wildman–Crippen MR) is 74.8 cm³/mol.